The summed E-state index contributed by atoms with van der Waals surface area (Å²) < 4.78 is 26.4. The molecule has 0 radical (unpaired) electrons. The Morgan fingerprint density at radius 3 is 2.63 bits per heavy atom. The van der Waals surface area contributed by atoms with E-state index in [9.17, 15) is 8.42 Å². The number of hydrogen-bond donors (Lipinski definition) is 1. The number of sulfonamides is 1. The van der Waals surface area contributed by atoms with Gasteiger partial charge >= 0.3 is 0 Å². The molecule has 1 aromatic rings. The van der Waals surface area contributed by atoms with Crippen LogP contribution in [-0.4, -0.2) is 25.3 Å². The van der Waals surface area contributed by atoms with Crippen LogP contribution < -0.4 is 5.73 Å². The molecule has 0 unspecified atom stereocenters. The fourth-order valence-electron chi connectivity index (χ4n) is 1.70. The fourth-order valence-corrected chi connectivity index (χ4v) is 3.43. The topological polar surface area (TPSA) is 87.2 Å². The van der Waals surface area contributed by atoms with Gasteiger partial charge in [-0.3, -0.25) is 0 Å². The van der Waals surface area contributed by atoms with Crippen molar-refractivity contribution < 1.29 is 8.42 Å². The summed E-state index contributed by atoms with van der Waals surface area (Å²) in [6.07, 6.45) is 1.51. The third-order valence-electron chi connectivity index (χ3n) is 2.60. The van der Waals surface area contributed by atoms with Crippen molar-refractivity contribution in [2.45, 2.75) is 24.8 Å². The van der Waals surface area contributed by atoms with Crippen LogP contribution in [0.3, 0.4) is 0 Å². The lowest BCUT2D eigenvalue weighted by molar-refractivity contribution is 0.383. The van der Waals surface area contributed by atoms with E-state index >= 15 is 0 Å². The molecule has 0 aromatic heterocycles. The van der Waals surface area contributed by atoms with Gasteiger partial charge in [-0.2, -0.15) is 9.57 Å². The average Bonchev–Trinajstić information content (AvgIpc) is 2.34. The molecule has 5 nitrogen and oxygen atoms in total. The van der Waals surface area contributed by atoms with Crippen LogP contribution in [0.4, 0.5) is 5.69 Å². The zero-order chi connectivity index (χ0) is 14.6. The quantitative estimate of drug-likeness (QED) is 0.656. The van der Waals surface area contributed by atoms with Crippen LogP contribution >= 0.6 is 0 Å². The Kier molecular flexibility index (Phi) is 4.70. The van der Waals surface area contributed by atoms with Crippen molar-refractivity contribution in [3.8, 4) is 6.07 Å². The highest BCUT2D eigenvalue weighted by molar-refractivity contribution is 7.89. The molecule has 0 bridgehead atoms. The summed E-state index contributed by atoms with van der Waals surface area (Å²) in [6.45, 7) is 7.28. The first-order chi connectivity index (χ1) is 8.84. The minimum Gasteiger partial charge on any atom is -0.399 e. The minimum atomic E-state index is -3.74. The molecule has 2 N–H and O–H groups in total. The summed E-state index contributed by atoms with van der Waals surface area (Å²) in [7, 11) is -3.74. The summed E-state index contributed by atoms with van der Waals surface area (Å²) in [4.78, 5) is -0.0280. The molecule has 0 spiro atoms. The summed E-state index contributed by atoms with van der Waals surface area (Å²) in [5.74, 6) is 0. The van der Waals surface area contributed by atoms with E-state index in [2.05, 4.69) is 6.58 Å². The van der Waals surface area contributed by atoms with E-state index < -0.39 is 10.0 Å². The van der Waals surface area contributed by atoms with E-state index in [0.29, 0.717) is 5.69 Å². The van der Waals surface area contributed by atoms with Gasteiger partial charge in [-0.25, -0.2) is 8.42 Å². The average molecular weight is 279 g/mol. The Morgan fingerprint density at radius 1 is 1.53 bits per heavy atom. The molecule has 19 heavy (non-hydrogen) atoms. The Balaban J connectivity index is 3.42. The second-order valence-corrected chi connectivity index (χ2v) is 6.18. The first-order valence-corrected chi connectivity index (χ1v) is 7.21. The predicted octanol–water partition coefficient (Wildman–Crippen LogP) is 1.73. The zero-order valence-electron chi connectivity index (χ0n) is 11.0. The van der Waals surface area contributed by atoms with E-state index in [1.54, 1.807) is 13.8 Å². The van der Waals surface area contributed by atoms with Crippen LogP contribution in [0.25, 0.3) is 0 Å². The maximum atomic E-state index is 12.5. The molecule has 0 saturated heterocycles. The first kappa shape index (κ1) is 15.2. The standard InChI is InChI=1S/C13H17N3O2S/c1-4-7-16(10(2)3)19(17,18)13-6-5-12(15)8-11(13)9-14/h4-6,8,10H,1,7,15H2,2-3H3. The molecule has 0 aliphatic heterocycles. The smallest absolute Gasteiger partial charge is 0.244 e. The fraction of sp³-hybridized carbons (Fsp3) is 0.308. The van der Waals surface area contributed by atoms with Crippen molar-refractivity contribution in [2.75, 3.05) is 12.3 Å². The highest BCUT2D eigenvalue weighted by atomic mass is 32.2. The molecule has 0 fully saturated rings. The van der Waals surface area contributed by atoms with Gasteiger partial charge in [-0.05, 0) is 32.0 Å². The molecular weight excluding hydrogens is 262 g/mol. The number of nitrogens with zero attached hydrogens (tertiary/aromatic N) is 2. The van der Waals surface area contributed by atoms with Crippen LogP contribution in [0.1, 0.15) is 19.4 Å². The predicted molar refractivity (Wildman–Crippen MR) is 74.8 cm³/mol. The van der Waals surface area contributed by atoms with Gasteiger partial charge in [0.15, 0.2) is 0 Å². The lowest BCUT2D eigenvalue weighted by Crippen LogP contribution is -2.37. The van der Waals surface area contributed by atoms with Gasteiger partial charge < -0.3 is 5.73 Å². The normalized spacial score (nSPS) is 11.5. The van der Waals surface area contributed by atoms with Gasteiger partial charge in [0.2, 0.25) is 10.0 Å². The Labute approximate surface area is 114 Å². The van der Waals surface area contributed by atoms with Crippen LogP contribution in [0.15, 0.2) is 35.7 Å². The first-order valence-electron chi connectivity index (χ1n) is 5.77. The van der Waals surface area contributed by atoms with Crippen LogP contribution in [0.2, 0.25) is 0 Å². The largest absolute Gasteiger partial charge is 0.399 e. The summed E-state index contributed by atoms with van der Waals surface area (Å²) in [5, 5.41) is 9.05. The number of rotatable bonds is 5. The van der Waals surface area contributed by atoms with E-state index in [1.165, 1.54) is 28.6 Å². The van der Waals surface area contributed by atoms with Gasteiger partial charge in [0.25, 0.3) is 0 Å². The van der Waals surface area contributed by atoms with Gasteiger partial charge in [-0.15, -0.1) is 6.58 Å². The van der Waals surface area contributed by atoms with Gasteiger partial charge in [0.1, 0.15) is 11.0 Å². The van der Waals surface area contributed by atoms with Gasteiger partial charge in [0, 0.05) is 18.3 Å². The lowest BCUT2D eigenvalue weighted by atomic mass is 10.2. The summed E-state index contributed by atoms with van der Waals surface area (Å²) >= 11 is 0. The van der Waals surface area contributed by atoms with Crippen LogP contribution in [0.5, 0.6) is 0 Å². The van der Waals surface area contributed by atoms with E-state index in [0.717, 1.165) is 0 Å². The van der Waals surface area contributed by atoms with Crippen molar-refractivity contribution in [2.24, 2.45) is 0 Å². The molecule has 0 amide bonds. The van der Waals surface area contributed by atoms with Gasteiger partial charge in [-0.1, -0.05) is 6.08 Å². The van der Waals surface area contributed by atoms with E-state index in [4.69, 9.17) is 11.0 Å². The third-order valence-corrected chi connectivity index (χ3v) is 4.70. The number of anilines is 1. The molecule has 0 aliphatic carbocycles. The minimum absolute atomic E-state index is 0.0280. The lowest BCUT2D eigenvalue weighted by Gasteiger charge is -2.25. The zero-order valence-corrected chi connectivity index (χ0v) is 11.8. The molecule has 0 heterocycles. The van der Waals surface area contributed by atoms with E-state index in [1.807, 2.05) is 6.07 Å². The number of hydrogen-bond acceptors (Lipinski definition) is 4. The molecule has 0 atom stereocenters. The Morgan fingerprint density at radius 2 is 2.16 bits per heavy atom. The number of nitrogen functional groups attached to an aromatic ring is 1. The van der Waals surface area contributed by atoms with Gasteiger partial charge in [0.05, 0.1) is 5.56 Å². The molecule has 6 heteroatoms. The Bertz CT molecular complexity index is 615. The summed E-state index contributed by atoms with van der Waals surface area (Å²) in [6, 6.07) is 5.83. The molecule has 0 saturated carbocycles. The maximum absolute atomic E-state index is 12.5. The van der Waals surface area contributed by atoms with Crippen molar-refractivity contribution in [3.63, 3.8) is 0 Å². The van der Waals surface area contributed by atoms with Crippen LogP contribution in [-0.2, 0) is 10.0 Å². The molecule has 102 valence electrons. The van der Waals surface area contributed by atoms with Crippen molar-refractivity contribution in [3.05, 3.63) is 36.4 Å². The summed E-state index contributed by atoms with van der Waals surface area (Å²) in [5.41, 5.74) is 5.97. The monoisotopic (exact) mass is 279 g/mol. The maximum Gasteiger partial charge on any atom is 0.244 e. The van der Waals surface area contributed by atoms with Crippen molar-refractivity contribution in [1.82, 2.24) is 4.31 Å². The second-order valence-electron chi connectivity index (χ2n) is 4.32. The highest BCUT2D eigenvalue weighted by Crippen LogP contribution is 2.23. The highest BCUT2D eigenvalue weighted by Gasteiger charge is 2.28. The van der Waals surface area contributed by atoms with Crippen molar-refractivity contribution >= 4 is 15.7 Å². The SMILES string of the molecule is C=CCN(C(C)C)S(=O)(=O)c1ccc(N)cc1C#N. The number of benzene rings is 1. The second kappa shape index (κ2) is 5.87. The van der Waals surface area contributed by atoms with Crippen molar-refractivity contribution in [1.29, 1.82) is 5.26 Å². The van der Waals surface area contributed by atoms with Crippen LogP contribution in [0, 0.1) is 11.3 Å². The number of nitrogens with two attached hydrogens (primary N) is 1. The Hall–Kier alpha value is -1.84. The molecular formula is C13H17N3O2S. The molecule has 1 rings (SSSR count). The third kappa shape index (κ3) is 3.13. The van der Waals surface area contributed by atoms with E-state index in [-0.39, 0.29) is 23.0 Å². The molecule has 0 aliphatic rings. The molecule has 1 aromatic carbocycles. The number of nitriles is 1.